The van der Waals surface area contributed by atoms with Gasteiger partial charge in [-0.05, 0) is 26.0 Å². The third-order valence-corrected chi connectivity index (χ3v) is 3.29. The fourth-order valence-electron chi connectivity index (χ4n) is 1.99. The zero-order chi connectivity index (χ0) is 16.5. The molecule has 1 heterocycles. The van der Waals surface area contributed by atoms with Gasteiger partial charge in [-0.1, -0.05) is 22.9 Å². The number of aryl methyl sites for hydroxylation is 1. The molecule has 6 heteroatoms. The summed E-state index contributed by atoms with van der Waals surface area (Å²) in [5.41, 5.74) is 2.04. The van der Waals surface area contributed by atoms with Crippen LogP contribution in [0.5, 0.6) is 5.75 Å². The number of hydrogen-bond acceptors (Lipinski definition) is 4. The summed E-state index contributed by atoms with van der Waals surface area (Å²) in [7, 11) is 1.99. The van der Waals surface area contributed by atoms with Crippen LogP contribution in [0.25, 0.3) is 0 Å². The van der Waals surface area contributed by atoms with E-state index in [-0.39, 0.29) is 0 Å². The molecule has 0 aliphatic heterocycles. The second-order valence-electron chi connectivity index (χ2n) is 5.24. The van der Waals surface area contributed by atoms with Gasteiger partial charge in [0.05, 0.1) is 13.1 Å². The first-order valence-electron chi connectivity index (χ1n) is 7.77. The van der Waals surface area contributed by atoms with Crippen molar-refractivity contribution in [1.29, 1.82) is 0 Å². The van der Waals surface area contributed by atoms with Gasteiger partial charge >= 0.3 is 0 Å². The largest absolute Gasteiger partial charge is 0.492 e. The molecule has 0 aliphatic rings. The van der Waals surface area contributed by atoms with E-state index in [0.717, 1.165) is 30.5 Å². The number of ether oxygens (including phenoxy) is 1. The van der Waals surface area contributed by atoms with Gasteiger partial charge in [-0.3, -0.25) is 0 Å². The van der Waals surface area contributed by atoms with Crippen molar-refractivity contribution in [2.24, 2.45) is 4.99 Å². The molecule has 1 N–H and O–H groups in total. The highest BCUT2D eigenvalue weighted by molar-refractivity contribution is 5.79. The number of aromatic nitrogens is 1. The first-order chi connectivity index (χ1) is 11.2. The normalized spacial score (nSPS) is 11.3. The van der Waals surface area contributed by atoms with E-state index in [9.17, 15) is 0 Å². The van der Waals surface area contributed by atoms with E-state index in [0.29, 0.717) is 13.2 Å². The van der Waals surface area contributed by atoms with Crippen molar-refractivity contribution >= 4 is 5.96 Å². The van der Waals surface area contributed by atoms with Gasteiger partial charge in [0.15, 0.2) is 5.96 Å². The maximum atomic E-state index is 5.76. The van der Waals surface area contributed by atoms with Crippen molar-refractivity contribution in [3.8, 4) is 5.75 Å². The molecule has 0 aliphatic carbocycles. The lowest BCUT2D eigenvalue weighted by Crippen LogP contribution is -2.40. The molecule has 6 nitrogen and oxygen atoms in total. The van der Waals surface area contributed by atoms with Crippen molar-refractivity contribution in [2.45, 2.75) is 20.4 Å². The summed E-state index contributed by atoms with van der Waals surface area (Å²) in [6.07, 6.45) is 1.55. The molecule has 0 radical (unpaired) electrons. The second kappa shape index (κ2) is 8.82. The van der Waals surface area contributed by atoms with Crippen LogP contribution in [0.4, 0.5) is 0 Å². The predicted octanol–water partition coefficient (Wildman–Crippen LogP) is 2.46. The van der Waals surface area contributed by atoms with Gasteiger partial charge in [-0.15, -0.1) is 0 Å². The van der Waals surface area contributed by atoms with E-state index in [1.54, 1.807) is 6.26 Å². The van der Waals surface area contributed by atoms with Gasteiger partial charge in [0, 0.05) is 19.7 Å². The van der Waals surface area contributed by atoms with E-state index >= 15 is 0 Å². The standard InChI is InChI=1S/C17H24N4O2/c1-4-18-17(19-13-15-9-11-23-20-15)21(3)10-12-22-16-7-5-14(2)6-8-16/h5-9,11H,4,10,12-13H2,1-3H3,(H,18,19). The molecular formula is C17H24N4O2. The Balaban J connectivity index is 1.83. The molecule has 0 fully saturated rings. The minimum Gasteiger partial charge on any atom is -0.492 e. The Morgan fingerprint density at radius 1 is 1.30 bits per heavy atom. The van der Waals surface area contributed by atoms with Crippen LogP contribution in [0.3, 0.4) is 0 Å². The monoisotopic (exact) mass is 316 g/mol. The number of benzene rings is 1. The highest BCUT2D eigenvalue weighted by Crippen LogP contribution is 2.11. The topological polar surface area (TPSA) is 62.9 Å². The summed E-state index contributed by atoms with van der Waals surface area (Å²) in [4.78, 5) is 6.59. The second-order valence-corrected chi connectivity index (χ2v) is 5.24. The average molecular weight is 316 g/mol. The van der Waals surface area contributed by atoms with Crippen LogP contribution in [0.2, 0.25) is 0 Å². The molecule has 0 unspecified atom stereocenters. The van der Waals surface area contributed by atoms with Crippen LogP contribution in [-0.2, 0) is 6.54 Å². The van der Waals surface area contributed by atoms with Gasteiger partial charge in [0.2, 0.25) is 0 Å². The van der Waals surface area contributed by atoms with Crippen LogP contribution >= 0.6 is 0 Å². The third-order valence-electron chi connectivity index (χ3n) is 3.29. The minimum absolute atomic E-state index is 0.488. The number of nitrogens with one attached hydrogen (secondary N) is 1. The van der Waals surface area contributed by atoms with E-state index in [4.69, 9.17) is 9.26 Å². The maximum absolute atomic E-state index is 5.76. The van der Waals surface area contributed by atoms with Crippen molar-refractivity contribution in [3.63, 3.8) is 0 Å². The van der Waals surface area contributed by atoms with Crippen LogP contribution in [-0.4, -0.2) is 42.8 Å². The number of aliphatic imine (C=N–C) groups is 1. The Morgan fingerprint density at radius 3 is 2.74 bits per heavy atom. The summed E-state index contributed by atoms with van der Waals surface area (Å²) < 4.78 is 10.6. The lowest BCUT2D eigenvalue weighted by molar-refractivity contribution is 0.281. The molecule has 23 heavy (non-hydrogen) atoms. The highest BCUT2D eigenvalue weighted by Gasteiger charge is 2.06. The van der Waals surface area contributed by atoms with E-state index in [1.165, 1.54) is 5.56 Å². The Morgan fingerprint density at radius 2 is 2.09 bits per heavy atom. The Hall–Kier alpha value is -2.50. The van der Waals surface area contributed by atoms with Crippen LogP contribution in [0.1, 0.15) is 18.2 Å². The van der Waals surface area contributed by atoms with Crippen molar-refractivity contribution in [3.05, 3.63) is 47.9 Å². The smallest absolute Gasteiger partial charge is 0.194 e. The van der Waals surface area contributed by atoms with E-state index in [1.807, 2.05) is 49.2 Å². The van der Waals surface area contributed by atoms with Crippen LogP contribution in [0, 0.1) is 6.92 Å². The van der Waals surface area contributed by atoms with Crippen LogP contribution < -0.4 is 10.1 Å². The number of rotatable bonds is 7. The molecule has 0 bridgehead atoms. The van der Waals surface area contributed by atoms with Gasteiger partial charge < -0.3 is 19.5 Å². The van der Waals surface area contributed by atoms with Crippen molar-refractivity contribution < 1.29 is 9.26 Å². The molecule has 0 amide bonds. The van der Waals surface area contributed by atoms with E-state index in [2.05, 4.69) is 22.4 Å². The lowest BCUT2D eigenvalue weighted by Gasteiger charge is -2.22. The molecule has 0 atom stereocenters. The van der Waals surface area contributed by atoms with Gasteiger partial charge in [-0.25, -0.2) is 4.99 Å². The zero-order valence-electron chi connectivity index (χ0n) is 14.0. The van der Waals surface area contributed by atoms with Crippen LogP contribution in [0.15, 0.2) is 46.1 Å². The fourth-order valence-corrected chi connectivity index (χ4v) is 1.99. The van der Waals surface area contributed by atoms with Gasteiger partial charge in [-0.2, -0.15) is 0 Å². The fraction of sp³-hybridized carbons (Fsp3) is 0.412. The SMILES string of the molecule is CCNC(=NCc1ccon1)N(C)CCOc1ccc(C)cc1. The van der Waals surface area contributed by atoms with Gasteiger partial charge in [0.25, 0.3) is 0 Å². The van der Waals surface area contributed by atoms with E-state index < -0.39 is 0 Å². The summed E-state index contributed by atoms with van der Waals surface area (Å²) >= 11 is 0. The lowest BCUT2D eigenvalue weighted by atomic mass is 10.2. The molecule has 0 spiro atoms. The Kier molecular flexibility index (Phi) is 6.47. The number of likely N-dealkylation sites (N-methyl/N-ethyl adjacent to an activating group) is 1. The minimum atomic E-state index is 0.488. The highest BCUT2D eigenvalue weighted by atomic mass is 16.5. The molecule has 1 aromatic carbocycles. The average Bonchev–Trinajstić information content (AvgIpc) is 3.06. The molecule has 124 valence electrons. The Labute approximate surface area is 137 Å². The number of guanidine groups is 1. The zero-order valence-corrected chi connectivity index (χ0v) is 14.0. The third kappa shape index (κ3) is 5.65. The molecular weight excluding hydrogens is 292 g/mol. The predicted molar refractivity (Wildman–Crippen MR) is 90.6 cm³/mol. The van der Waals surface area contributed by atoms with Gasteiger partial charge in [0.1, 0.15) is 24.3 Å². The number of nitrogens with zero attached hydrogens (tertiary/aromatic N) is 3. The summed E-state index contributed by atoms with van der Waals surface area (Å²) in [6.45, 7) is 6.73. The molecule has 2 aromatic rings. The molecule has 1 aromatic heterocycles. The Bertz CT molecular complexity index is 594. The molecule has 2 rings (SSSR count). The maximum Gasteiger partial charge on any atom is 0.194 e. The van der Waals surface area contributed by atoms with Crippen molar-refractivity contribution in [1.82, 2.24) is 15.4 Å². The quantitative estimate of drug-likeness (QED) is 0.628. The molecule has 0 saturated carbocycles. The first kappa shape index (κ1) is 16.9. The summed E-state index contributed by atoms with van der Waals surface area (Å²) in [5, 5.41) is 7.13. The summed E-state index contributed by atoms with van der Waals surface area (Å²) in [6, 6.07) is 9.87. The first-order valence-corrected chi connectivity index (χ1v) is 7.77. The number of hydrogen-bond donors (Lipinski definition) is 1. The summed E-state index contributed by atoms with van der Waals surface area (Å²) in [5.74, 6) is 1.71. The molecule has 0 saturated heterocycles. The van der Waals surface area contributed by atoms with Crippen molar-refractivity contribution in [2.75, 3.05) is 26.7 Å².